The van der Waals surface area contributed by atoms with Crippen LogP contribution in [-0.2, 0) is 4.79 Å². The van der Waals surface area contributed by atoms with Gasteiger partial charge in [-0.25, -0.2) is 0 Å². The minimum absolute atomic E-state index is 0.203. The Morgan fingerprint density at radius 3 is 2.38 bits per heavy atom. The molecule has 1 atom stereocenters. The molecule has 0 bridgehead atoms. The van der Waals surface area contributed by atoms with Gasteiger partial charge in [0.1, 0.15) is 5.78 Å². The fraction of sp³-hybridized carbons (Fsp3) is 0.800. The quantitative estimate of drug-likeness (QED) is 0.642. The van der Waals surface area contributed by atoms with Crippen LogP contribution in [0.3, 0.4) is 0 Å². The number of carbonyl (C=O) groups excluding carboxylic acids is 1. The summed E-state index contributed by atoms with van der Waals surface area (Å²) < 4.78 is 0. The number of Topliss-reactive ketones (excluding diaryl/α,β-unsaturated/α-hetero) is 1. The average Bonchev–Trinajstić information content (AvgIpc) is 1.96. The maximum atomic E-state index is 11.8. The Morgan fingerprint density at radius 2 is 1.88 bits per heavy atom. The van der Waals surface area contributed by atoms with E-state index in [1.807, 2.05) is 0 Å². The van der Waals surface area contributed by atoms with E-state index in [2.05, 4.69) is 40.7 Å². The predicted molar refractivity (Wildman–Crippen MR) is 69.4 cm³/mol. The average molecular weight is 222 g/mol. The summed E-state index contributed by atoms with van der Waals surface area (Å²) in [5.41, 5.74) is 1.81. The van der Waals surface area contributed by atoms with Crippen molar-refractivity contribution in [1.82, 2.24) is 0 Å². The van der Waals surface area contributed by atoms with E-state index in [4.69, 9.17) is 0 Å². The smallest absolute Gasteiger partial charge is 0.133 e. The Balaban J connectivity index is 2.62. The molecule has 0 spiro atoms. The first-order valence-electron chi connectivity index (χ1n) is 6.38. The van der Waals surface area contributed by atoms with Crippen LogP contribution in [0.2, 0.25) is 0 Å². The predicted octanol–water partition coefficient (Wildman–Crippen LogP) is 4.52. The number of ketones is 1. The van der Waals surface area contributed by atoms with Crippen molar-refractivity contribution in [2.24, 2.45) is 10.8 Å². The van der Waals surface area contributed by atoms with Gasteiger partial charge in [-0.15, -0.1) is 0 Å². The number of allylic oxidation sites excluding steroid dienone is 2. The van der Waals surface area contributed by atoms with Gasteiger partial charge in [0.25, 0.3) is 0 Å². The number of hydrogen-bond donors (Lipinski definition) is 0. The van der Waals surface area contributed by atoms with Gasteiger partial charge in [0.05, 0.1) is 0 Å². The van der Waals surface area contributed by atoms with Gasteiger partial charge in [0.2, 0.25) is 0 Å². The van der Waals surface area contributed by atoms with E-state index >= 15 is 0 Å². The first kappa shape index (κ1) is 13.5. The van der Waals surface area contributed by atoms with Crippen LogP contribution < -0.4 is 0 Å². The van der Waals surface area contributed by atoms with Crippen molar-refractivity contribution >= 4 is 5.78 Å². The number of carbonyl (C=O) groups is 1. The molecule has 0 aromatic rings. The number of hydrogen-bond acceptors (Lipinski definition) is 1. The van der Waals surface area contributed by atoms with Gasteiger partial charge in [-0.3, -0.25) is 4.79 Å². The zero-order chi connectivity index (χ0) is 12.4. The molecule has 0 saturated heterocycles. The normalized spacial score (nSPS) is 28.9. The molecule has 1 saturated carbocycles. The van der Waals surface area contributed by atoms with Crippen LogP contribution in [0.1, 0.15) is 66.7 Å². The molecule has 1 heteroatoms. The van der Waals surface area contributed by atoms with Gasteiger partial charge in [0, 0.05) is 12.8 Å². The van der Waals surface area contributed by atoms with Gasteiger partial charge >= 0.3 is 0 Å². The number of rotatable bonds is 3. The first-order chi connectivity index (χ1) is 7.22. The maximum absolute atomic E-state index is 11.8. The third-order valence-electron chi connectivity index (χ3n) is 3.51. The van der Waals surface area contributed by atoms with Crippen LogP contribution in [0.4, 0.5) is 0 Å². The van der Waals surface area contributed by atoms with Crippen molar-refractivity contribution in [2.75, 3.05) is 0 Å². The molecule has 0 unspecified atom stereocenters. The molecule has 1 rings (SSSR count). The molecule has 0 aliphatic heterocycles. The van der Waals surface area contributed by atoms with E-state index in [0.717, 1.165) is 25.7 Å². The standard InChI is InChI=1S/C15H26O/c1-12(2)7-6-8-15(5)10-13(16)9-14(3,4)11-15/h7H,6,8-11H2,1-5H3/t15-/m1/s1. The van der Waals surface area contributed by atoms with Gasteiger partial charge in [0.15, 0.2) is 0 Å². The van der Waals surface area contributed by atoms with E-state index in [1.165, 1.54) is 12.0 Å². The topological polar surface area (TPSA) is 17.1 Å². The third kappa shape index (κ3) is 4.11. The lowest BCUT2D eigenvalue weighted by atomic mass is 9.62. The summed E-state index contributed by atoms with van der Waals surface area (Å²) in [6.45, 7) is 11.0. The molecule has 0 radical (unpaired) electrons. The van der Waals surface area contributed by atoms with E-state index < -0.39 is 0 Å². The largest absolute Gasteiger partial charge is 0.300 e. The van der Waals surface area contributed by atoms with Crippen molar-refractivity contribution in [3.63, 3.8) is 0 Å². The Hall–Kier alpha value is -0.590. The summed E-state index contributed by atoms with van der Waals surface area (Å²) in [5.74, 6) is 0.455. The highest BCUT2D eigenvalue weighted by atomic mass is 16.1. The highest BCUT2D eigenvalue weighted by Gasteiger charge is 2.39. The highest BCUT2D eigenvalue weighted by Crippen LogP contribution is 2.46. The molecule has 0 N–H and O–H groups in total. The van der Waals surface area contributed by atoms with Crippen LogP contribution in [0.5, 0.6) is 0 Å². The van der Waals surface area contributed by atoms with Crippen LogP contribution in [0.15, 0.2) is 11.6 Å². The van der Waals surface area contributed by atoms with Crippen molar-refractivity contribution < 1.29 is 4.79 Å². The fourth-order valence-corrected chi connectivity index (χ4v) is 3.24. The molecular formula is C15H26O. The molecule has 0 aromatic heterocycles. The summed E-state index contributed by atoms with van der Waals surface area (Å²) in [6, 6.07) is 0. The Morgan fingerprint density at radius 1 is 1.25 bits per heavy atom. The first-order valence-corrected chi connectivity index (χ1v) is 6.38. The van der Waals surface area contributed by atoms with E-state index in [9.17, 15) is 4.79 Å². The Bertz CT molecular complexity index is 295. The highest BCUT2D eigenvalue weighted by molar-refractivity contribution is 5.80. The van der Waals surface area contributed by atoms with E-state index in [0.29, 0.717) is 5.78 Å². The summed E-state index contributed by atoms with van der Waals surface area (Å²) >= 11 is 0. The van der Waals surface area contributed by atoms with Crippen molar-refractivity contribution in [3.05, 3.63) is 11.6 Å². The maximum Gasteiger partial charge on any atom is 0.133 e. The van der Waals surface area contributed by atoms with E-state index in [1.54, 1.807) is 0 Å². The minimum Gasteiger partial charge on any atom is -0.300 e. The van der Waals surface area contributed by atoms with Crippen LogP contribution in [0.25, 0.3) is 0 Å². The second-order valence-corrected chi connectivity index (χ2v) is 6.86. The van der Waals surface area contributed by atoms with Crippen molar-refractivity contribution in [2.45, 2.75) is 66.7 Å². The third-order valence-corrected chi connectivity index (χ3v) is 3.51. The second-order valence-electron chi connectivity index (χ2n) is 6.86. The molecule has 1 aliphatic carbocycles. The lowest BCUT2D eigenvalue weighted by molar-refractivity contribution is -0.127. The summed E-state index contributed by atoms with van der Waals surface area (Å²) in [6.07, 6.45) is 7.29. The zero-order valence-electron chi connectivity index (χ0n) is 11.5. The van der Waals surface area contributed by atoms with Gasteiger partial charge in [-0.1, -0.05) is 32.4 Å². The van der Waals surface area contributed by atoms with Crippen molar-refractivity contribution in [3.8, 4) is 0 Å². The second kappa shape index (κ2) is 4.73. The molecule has 1 nitrogen and oxygen atoms in total. The van der Waals surface area contributed by atoms with Crippen LogP contribution in [-0.4, -0.2) is 5.78 Å². The molecule has 1 aliphatic rings. The van der Waals surface area contributed by atoms with Gasteiger partial charge < -0.3 is 0 Å². The zero-order valence-corrected chi connectivity index (χ0v) is 11.5. The Labute approximate surface area is 100 Å². The summed E-state index contributed by atoms with van der Waals surface area (Å²) in [5, 5.41) is 0. The molecule has 0 aromatic carbocycles. The molecule has 92 valence electrons. The van der Waals surface area contributed by atoms with Crippen LogP contribution >= 0.6 is 0 Å². The van der Waals surface area contributed by atoms with E-state index in [-0.39, 0.29) is 10.8 Å². The van der Waals surface area contributed by atoms with Crippen molar-refractivity contribution in [1.29, 1.82) is 0 Å². The van der Waals surface area contributed by atoms with Gasteiger partial charge in [-0.2, -0.15) is 0 Å². The molecule has 0 amide bonds. The molecule has 16 heavy (non-hydrogen) atoms. The molecule has 1 fully saturated rings. The minimum atomic E-state index is 0.203. The fourth-order valence-electron chi connectivity index (χ4n) is 3.24. The summed E-state index contributed by atoms with van der Waals surface area (Å²) in [4.78, 5) is 11.8. The molecule has 0 heterocycles. The van der Waals surface area contributed by atoms with Gasteiger partial charge in [-0.05, 0) is 43.9 Å². The SMILES string of the molecule is CC(C)=CCC[C@]1(C)CC(=O)CC(C)(C)C1. The summed E-state index contributed by atoms with van der Waals surface area (Å²) in [7, 11) is 0. The van der Waals surface area contributed by atoms with Crippen LogP contribution in [0, 0.1) is 10.8 Å². The lowest BCUT2D eigenvalue weighted by Crippen LogP contribution is -2.35. The Kier molecular flexibility index (Phi) is 3.98. The molecular weight excluding hydrogens is 196 g/mol. The lowest BCUT2D eigenvalue weighted by Gasteiger charge is -2.42. The monoisotopic (exact) mass is 222 g/mol.